The molecule has 0 saturated heterocycles. The van der Waals surface area contributed by atoms with Gasteiger partial charge in [0.2, 0.25) is 5.91 Å². The molecule has 134 valence electrons. The minimum atomic E-state index is -0.131. The summed E-state index contributed by atoms with van der Waals surface area (Å²) in [4.78, 5) is 16.4. The van der Waals surface area contributed by atoms with Gasteiger partial charge < -0.3 is 9.84 Å². The summed E-state index contributed by atoms with van der Waals surface area (Å²) >= 11 is 0. The number of rotatable bonds is 6. The van der Waals surface area contributed by atoms with Crippen LogP contribution in [-0.4, -0.2) is 16.0 Å². The molecule has 0 aliphatic heterocycles. The van der Waals surface area contributed by atoms with Gasteiger partial charge in [-0.1, -0.05) is 61.0 Å². The molecule has 0 saturated carbocycles. The van der Waals surface area contributed by atoms with Gasteiger partial charge in [-0.25, -0.2) is 0 Å². The first-order valence-corrected chi connectivity index (χ1v) is 8.76. The van der Waals surface area contributed by atoms with Crippen molar-refractivity contribution in [2.24, 2.45) is 0 Å². The highest BCUT2D eigenvalue weighted by Crippen LogP contribution is 2.21. The lowest BCUT2D eigenvalue weighted by Gasteiger charge is -2.04. The molecule has 5 heteroatoms. The summed E-state index contributed by atoms with van der Waals surface area (Å²) in [5.41, 5.74) is 4.35. The third-order valence-corrected chi connectivity index (χ3v) is 4.18. The lowest BCUT2D eigenvalue weighted by molar-refractivity contribution is -0.120. The molecule has 1 N–H and O–H groups in total. The first-order chi connectivity index (χ1) is 12.5. The summed E-state index contributed by atoms with van der Waals surface area (Å²) in [5.74, 6) is 1.16. The molecule has 1 aromatic heterocycles. The zero-order valence-electron chi connectivity index (χ0n) is 15.3. The molecule has 5 nitrogen and oxygen atoms in total. The van der Waals surface area contributed by atoms with E-state index in [2.05, 4.69) is 41.4 Å². The third-order valence-electron chi connectivity index (χ3n) is 4.18. The van der Waals surface area contributed by atoms with E-state index in [0.717, 1.165) is 11.1 Å². The van der Waals surface area contributed by atoms with Crippen molar-refractivity contribution in [2.45, 2.75) is 39.7 Å². The highest BCUT2D eigenvalue weighted by atomic mass is 16.5. The van der Waals surface area contributed by atoms with E-state index >= 15 is 0 Å². The molecule has 26 heavy (non-hydrogen) atoms. The number of aromatic nitrogens is 2. The third kappa shape index (κ3) is 4.57. The molecule has 2 aromatic carbocycles. The monoisotopic (exact) mass is 349 g/mol. The molecule has 0 fully saturated rings. The van der Waals surface area contributed by atoms with Gasteiger partial charge in [-0.3, -0.25) is 4.79 Å². The molecule has 0 unspecified atom stereocenters. The Labute approximate surface area is 153 Å². The van der Waals surface area contributed by atoms with Gasteiger partial charge in [0.05, 0.1) is 6.42 Å². The fourth-order valence-corrected chi connectivity index (χ4v) is 2.68. The number of amides is 1. The highest BCUT2D eigenvalue weighted by Gasteiger charge is 2.12. The summed E-state index contributed by atoms with van der Waals surface area (Å²) in [6, 6.07) is 16.1. The van der Waals surface area contributed by atoms with Crippen molar-refractivity contribution >= 4 is 5.91 Å². The molecule has 0 bridgehead atoms. The van der Waals surface area contributed by atoms with E-state index in [-0.39, 0.29) is 12.3 Å². The van der Waals surface area contributed by atoms with Crippen LogP contribution < -0.4 is 5.32 Å². The Kier molecular flexibility index (Phi) is 5.46. The van der Waals surface area contributed by atoms with E-state index in [4.69, 9.17) is 4.52 Å². The topological polar surface area (TPSA) is 68.0 Å². The first-order valence-electron chi connectivity index (χ1n) is 8.76. The van der Waals surface area contributed by atoms with Crippen LogP contribution >= 0.6 is 0 Å². The molecule has 1 heterocycles. The van der Waals surface area contributed by atoms with Gasteiger partial charge in [0.15, 0.2) is 5.82 Å². The number of carbonyl (C=O) groups is 1. The van der Waals surface area contributed by atoms with Crippen LogP contribution in [0.15, 0.2) is 53.1 Å². The van der Waals surface area contributed by atoms with Gasteiger partial charge in [-0.2, -0.15) is 4.98 Å². The van der Waals surface area contributed by atoms with Crippen LogP contribution in [0.25, 0.3) is 11.5 Å². The van der Waals surface area contributed by atoms with Crippen LogP contribution in [0.2, 0.25) is 0 Å². The fourth-order valence-electron chi connectivity index (χ4n) is 2.68. The average Bonchev–Trinajstić information content (AvgIpc) is 3.08. The van der Waals surface area contributed by atoms with E-state index in [1.807, 2.05) is 43.3 Å². The van der Waals surface area contributed by atoms with Crippen LogP contribution in [0.5, 0.6) is 0 Å². The summed E-state index contributed by atoms with van der Waals surface area (Å²) in [7, 11) is 0. The number of hydrogen-bond acceptors (Lipinski definition) is 4. The lowest BCUT2D eigenvalue weighted by atomic mass is 10.0. The van der Waals surface area contributed by atoms with Crippen molar-refractivity contribution in [1.29, 1.82) is 0 Å². The molecular weight excluding hydrogens is 326 g/mol. The number of hydrogen-bond donors (Lipinski definition) is 1. The second kappa shape index (κ2) is 7.95. The SMILES string of the molecule is Cc1cccc(CNC(=O)Cc2noc(-c3ccc(C(C)C)cc3)n2)c1. The molecule has 3 aromatic rings. The van der Waals surface area contributed by atoms with Gasteiger partial charge in [0.25, 0.3) is 5.89 Å². The Morgan fingerprint density at radius 3 is 2.62 bits per heavy atom. The molecule has 0 spiro atoms. The standard InChI is InChI=1S/C21H23N3O2/c1-14(2)17-7-9-18(10-8-17)21-23-19(24-26-21)12-20(25)22-13-16-6-4-5-15(3)11-16/h4-11,14H,12-13H2,1-3H3,(H,22,25). The Morgan fingerprint density at radius 2 is 1.92 bits per heavy atom. The smallest absolute Gasteiger partial charge is 0.257 e. The van der Waals surface area contributed by atoms with E-state index in [0.29, 0.717) is 24.2 Å². The van der Waals surface area contributed by atoms with E-state index < -0.39 is 0 Å². The molecule has 0 aliphatic carbocycles. The minimum Gasteiger partial charge on any atom is -0.352 e. The Balaban J connectivity index is 1.58. The Hall–Kier alpha value is -2.95. The van der Waals surface area contributed by atoms with Gasteiger partial charge in [0, 0.05) is 12.1 Å². The van der Waals surface area contributed by atoms with Crippen molar-refractivity contribution in [3.05, 3.63) is 71.0 Å². The number of aryl methyl sites for hydroxylation is 1. The minimum absolute atomic E-state index is 0.0966. The summed E-state index contributed by atoms with van der Waals surface area (Å²) < 4.78 is 5.29. The quantitative estimate of drug-likeness (QED) is 0.729. The number of nitrogens with one attached hydrogen (secondary N) is 1. The van der Waals surface area contributed by atoms with Crippen molar-refractivity contribution in [1.82, 2.24) is 15.5 Å². The second-order valence-electron chi connectivity index (χ2n) is 6.74. The molecule has 0 atom stereocenters. The predicted molar refractivity (Wildman–Crippen MR) is 101 cm³/mol. The van der Waals surface area contributed by atoms with Crippen LogP contribution in [0.1, 0.15) is 42.3 Å². The number of benzene rings is 2. The summed E-state index contributed by atoms with van der Waals surface area (Å²) in [5, 5.41) is 6.80. The molecule has 0 aliphatic rings. The van der Waals surface area contributed by atoms with E-state index in [9.17, 15) is 4.79 Å². The van der Waals surface area contributed by atoms with Crippen LogP contribution in [-0.2, 0) is 17.8 Å². The fraction of sp³-hybridized carbons (Fsp3) is 0.286. The van der Waals surface area contributed by atoms with Crippen molar-refractivity contribution in [3.8, 4) is 11.5 Å². The largest absolute Gasteiger partial charge is 0.352 e. The highest BCUT2D eigenvalue weighted by molar-refractivity contribution is 5.77. The zero-order chi connectivity index (χ0) is 18.5. The van der Waals surface area contributed by atoms with E-state index in [1.54, 1.807) is 0 Å². The van der Waals surface area contributed by atoms with Gasteiger partial charge >= 0.3 is 0 Å². The second-order valence-corrected chi connectivity index (χ2v) is 6.74. The van der Waals surface area contributed by atoms with Gasteiger partial charge in [-0.15, -0.1) is 0 Å². The van der Waals surface area contributed by atoms with Gasteiger partial charge in [-0.05, 0) is 36.1 Å². The maximum Gasteiger partial charge on any atom is 0.257 e. The maximum atomic E-state index is 12.1. The van der Waals surface area contributed by atoms with Crippen molar-refractivity contribution in [3.63, 3.8) is 0 Å². The number of carbonyl (C=O) groups excluding carboxylic acids is 1. The molecule has 3 rings (SSSR count). The van der Waals surface area contributed by atoms with Gasteiger partial charge in [0.1, 0.15) is 0 Å². The average molecular weight is 349 g/mol. The normalized spacial score (nSPS) is 10.9. The van der Waals surface area contributed by atoms with Crippen LogP contribution in [0, 0.1) is 6.92 Å². The molecule has 0 radical (unpaired) electrons. The van der Waals surface area contributed by atoms with E-state index in [1.165, 1.54) is 11.1 Å². The molecule has 1 amide bonds. The first kappa shape index (κ1) is 17.9. The summed E-state index contributed by atoms with van der Waals surface area (Å²) in [6.45, 7) is 6.81. The Morgan fingerprint density at radius 1 is 1.15 bits per heavy atom. The Bertz CT molecular complexity index is 882. The number of nitrogens with zero attached hydrogens (tertiary/aromatic N) is 2. The van der Waals surface area contributed by atoms with Crippen molar-refractivity contribution in [2.75, 3.05) is 0 Å². The van der Waals surface area contributed by atoms with Crippen molar-refractivity contribution < 1.29 is 9.32 Å². The van der Waals surface area contributed by atoms with Crippen LogP contribution in [0.4, 0.5) is 0 Å². The molecular formula is C21H23N3O2. The summed E-state index contributed by atoms with van der Waals surface area (Å²) in [6.07, 6.45) is 0.0966. The zero-order valence-corrected chi connectivity index (χ0v) is 15.3. The van der Waals surface area contributed by atoms with Crippen LogP contribution in [0.3, 0.4) is 0 Å². The lowest BCUT2D eigenvalue weighted by Crippen LogP contribution is -2.25. The maximum absolute atomic E-state index is 12.1. The predicted octanol–water partition coefficient (Wildman–Crippen LogP) is 4.03.